The smallest absolute Gasteiger partial charge is 0.142 e. The van der Waals surface area contributed by atoms with Gasteiger partial charge in [-0.2, -0.15) is 0 Å². The summed E-state index contributed by atoms with van der Waals surface area (Å²) in [6.45, 7) is 4.25. The summed E-state index contributed by atoms with van der Waals surface area (Å²) >= 11 is 0. The van der Waals surface area contributed by atoms with Gasteiger partial charge < -0.3 is 14.7 Å². The first-order valence-electron chi connectivity index (χ1n) is 7.09. The Balaban J connectivity index is 2.22. The Hall–Kier alpha value is -1.22. The lowest BCUT2D eigenvalue weighted by Crippen LogP contribution is -2.36. The van der Waals surface area contributed by atoms with Gasteiger partial charge in [0.25, 0.3) is 0 Å². The van der Waals surface area contributed by atoms with Crippen LogP contribution >= 0.6 is 0 Å². The van der Waals surface area contributed by atoms with E-state index < -0.39 is 0 Å². The highest BCUT2D eigenvalue weighted by Crippen LogP contribution is 2.34. The van der Waals surface area contributed by atoms with Gasteiger partial charge in [-0.3, -0.25) is 0 Å². The molecule has 3 heteroatoms. The molecule has 0 heterocycles. The van der Waals surface area contributed by atoms with Crippen LogP contribution in [-0.2, 0) is 0 Å². The number of methoxy groups -OCH3 is 1. The van der Waals surface area contributed by atoms with Gasteiger partial charge in [-0.05, 0) is 62.8 Å². The van der Waals surface area contributed by atoms with E-state index in [2.05, 4.69) is 37.9 Å². The molecule has 0 amide bonds. The maximum atomic E-state index is 9.62. The van der Waals surface area contributed by atoms with Crippen LogP contribution < -0.4 is 9.64 Å². The second-order valence-electron chi connectivity index (χ2n) is 5.68. The van der Waals surface area contributed by atoms with Crippen molar-refractivity contribution in [1.82, 2.24) is 0 Å². The van der Waals surface area contributed by atoms with Crippen molar-refractivity contribution in [3.8, 4) is 5.75 Å². The van der Waals surface area contributed by atoms with Crippen LogP contribution in [0.4, 0.5) is 5.69 Å². The molecule has 1 aliphatic rings. The maximum Gasteiger partial charge on any atom is 0.142 e. The summed E-state index contributed by atoms with van der Waals surface area (Å²) in [4.78, 5) is 2.32. The topological polar surface area (TPSA) is 32.7 Å². The molecule has 0 radical (unpaired) electrons. The lowest BCUT2D eigenvalue weighted by Gasteiger charge is -2.35. The third kappa shape index (κ3) is 3.03. The summed E-state index contributed by atoms with van der Waals surface area (Å²) in [5.74, 6) is 0.941. The van der Waals surface area contributed by atoms with Crippen LogP contribution in [0.15, 0.2) is 12.1 Å². The Morgan fingerprint density at radius 3 is 2.26 bits per heavy atom. The highest BCUT2D eigenvalue weighted by Gasteiger charge is 2.24. The van der Waals surface area contributed by atoms with Crippen LogP contribution in [-0.4, -0.2) is 31.4 Å². The van der Waals surface area contributed by atoms with Gasteiger partial charge in [-0.1, -0.05) is 0 Å². The summed E-state index contributed by atoms with van der Waals surface area (Å²) in [6, 6.07) is 4.82. The van der Waals surface area contributed by atoms with Crippen LogP contribution in [0, 0.1) is 13.8 Å². The van der Waals surface area contributed by atoms with Crippen molar-refractivity contribution in [3.05, 3.63) is 23.3 Å². The van der Waals surface area contributed by atoms with Crippen molar-refractivity contribution in [1.29, 1.82) is 0 Å². The molecule has 1 fully saturated rings. The van der Waals surface area contributed by atoms with Gasteiger partial charge in [0.15, 0.2) is 0 Å². The first-order valence-corrected chi connectivity index (χ1v) is 7.09. The lowest BCUT2D eigenvalue weighted by molar-refractivity contribution is 0.122. The number of ether oxygens (including phenoxy) is 1. The number of rotatable bonds is 3. The van der Waals surface area contributed by atoms with Gasteiger partial charge in [0, 0.05) is 13.1 Å². The van der Waals surface area contributed by atoms with Crippen LogP contribution in [0.25, 0.3) is 0 Å². The summed E-state index contributed by atoms with van der Waals surface area (Å²) in [5.41, 5.74) is 3.71. The van der Waals surface area contributed by atoms with Gasteiger partial charge in [0.05, 0.1) is 18.9 Å². The predicted octanol–water partition coefficient (Wildman–Crippen LogP) is 3.05. The molecule has 0 bridgehead atoms. The molecule has 1 N–H and O–H groups in total. The van der Waals surface area contributed by atoms with Gasteiger partial charge in [0.1, 0.15) is 5.75 Å². The highest BCUT2D eigenvalue weighted by molar-refractivity contribution is 5.62. The summed E-state index contributed by atoms with van der Waals surface area (Å²) in [6.07, 6.45) is 3.80. The van der Waals surface area contributed by atoms with E-state index in [1.54, 1.807) is 7.11 Å². The first-order chi connectivity index (χ1) is 9.02. The molecule has 0 saturated heterocycles. The molecular weight excluding hydrogens is 238 g/mol. The van der Waals surface area contributed by atoms with Crippen molar-refractivity contribution in [2.45, 2.75) is 51.7 Å². The standard InChI is InChI=1S/C16H25NO2/c1-11-9-15(16(19-4)10-12(11)2)17(3)13-5-7-14(18)8-6-13/h9-10,13-14,18H,5-8H2,1-4H3. The molecule has 0 spiro atoms. The first kappa shape index (κ1) is 14.2. The van der Waals surface area contributed by atoms with E-state index >= 15 is 0 Å². The third-order valence-electron chi connectivity index (χ3n) is 4.39. The van der Waals surface area contributed by atoms with E-state index in [9.17, 15) is 5.11 Å². The van der Waals surface area contributed by atoms with Gasteiger partial charge in [0.2, 0.25) is 0 Å². The fourth-order valence-electron chi connectivity index (χ4n) is 2.86. The molecule has 1 aromatic rings. The molecule has 1 saturated carbocycles. The molecule has 2 rings (SSSR count). The van der Waals surface area contributed by atoms with Crippen molar-refractivity contribution in [3.63, 3.8) is 0 Å². The van der Waals surface area contributed by atoms with Gasteiger partial charge in [-0.15, -0.1) is 0 Å². The number of aliphatic hydroxyl groups is 1. The molecule has 19 heavy (non-hydrogen) atoms. The molecule has 0 aromatic heterocycles. The number of benzene rings is 1. The Bertz CT molecular complexity index is 437. The highest BCUT2D eigenvalue weighted by atomic mass is 16.5. The maximum absolute atomic E-state index is 9.62. The van der Waals surface area contributed by atoms with E-state index in [0.717, 1.165) is 37.1 Å². The number of anilines is 1. The summed E-state index contributed by atoms with van der Waals surface area (Å²) in [7, 11) is 3.86. The number of aliphatic hydroxyl groups excluding tert-OH is 1. The van der Waals surface area contributed by atoms with Crippen molar-refractivity contribution < 1.29 is 9.84 Å². The average Bonchev–Trinajstić information content (AvgIpc) is 2.41. The second kappa shape index (κ2) is 5.83. The molecule has 1 aliphatic carbocycles. The molecule has 0 atom stereocenters. The van der Waals surface area contributed by atoms with E-state index in [1.165, 1.54) is 11.1 Å². The Morgan fingerprint density at radius 1 is 1.11 bits per heavy atom. The quantitative estimate of drug-likeness (QED) is 0.909. The number of hydrogen-bond acceptors (Lipinski definition) is 3. The van der Waals surface area contributed by atoms with Crippen LogP contribution in [0.2, 0.25) is 0 Å². The zero-order chi connectivity index (χ0) is 14.0. The fourth-order valence-corrected chi connectivity index (χ4v) is 2.86. The number of aryl methyl sites for hydroxylation is 2. The Kier molecular flexibility index (Phi) is 4.35. The van der Waals surface area contributed by atoms with Crippen molar-refractivity contribution in [2.24, 2.45) is 0 Å². The molecular formula is C16H25NO2. The molecule has 0 aliphatic heterocycles. The predicted molar refractivity (Wildman–Crippen MR) is 79.1 cm³/mol. The minimum atomic E-state index is -0.105. The van der Waals surface area contributed by atoms with Crippen molar-refractivity contribution >= 4 is 5.69 Å². The number of nitrogens with zero attached hydrogens (tertiary/aromatic N) is 1. The largest absolute Gasteiger partial charge is 0.495 e. The summed E-state index contributed by atoms with van der Waals surface area (Å²) < 4.78 is 5.52. The summed E-state index contributed by atoms with van der Waals surface area (Å²) in [5, 5.41) is 9.62. The molecule has 3 nitrogen and oxygen atoms in total. The van der Waals surface area contributed by atoms with Crippen LogP contribution in [0.3, 0.4) is 0 Å². The normalized spacial score (nSPS) is 23.2. The zero-order valence-electron chi connectivity index (χ0n) is 12.4. The second-order valence-corrected chi connectivity index (χ2v) is 5.68. The molecule has 1 aromatic carbocycles. The monoisotopic (exact) mass is 263 g/mol. The third-order valence-corrected chi connectivity index (χ3v) is 4.39. The Labute approximate surface area is 116 Å². The van der Waals surface area contributed by atoms with Crippen molar-refractivity contribution in [2.75, 3.05) is 19.1 Å². The number of hydrogen-bond donors (Lipinski definition) is 1. The minimum absolute atomic E-state index is 0.105. The zero-order valence-corrected chi connectivity index (χ0v) is 12.4. The van der Waals surface area contributed by atoms with E-state index in [4.69, 9.17) is 4.74 Å². The minimum Gasteiger partial charge on any atom is -0.495 e. The van der Waals surface area contributed by atoms with Crippen LogP contribution in [0.1, 0.15) is 36.8 Å². The Morgan fingerprint density at radius 2 is 1.68 bits per heavy atom. The van der Waals surface area contributed by atoms with Gasteiger partial charge >= 0.3 is 0 Å². The average molecular weight is 263 g/mol. The SMILES string of the molecule is COc1cc(C)c(C)cc1N(C)C1CCC(O)CC1. The van der Waals surface area contributed by atoms with Crippen LogP contribution in [0.5, 0.6) is 5.75 Å². The molecule has 0 unspecified atom stereocenters. The van der Waals surface area contributed by atoms with E-state index in [1.807, 2.05) is 0 Å². The van der Waals surface area contributed by atoms with E-state index in [0.29, 0.717) is 6.04 Å². The molecule has 106 valence electrons. The lowest BCUT2D eigenvalue weighted by atomic mass is 9.91. The van der Waals surface area contributed by atoms with E-state index in [-0.39, 0.29) is 6.10 Å². The fraction of sp³-hybridized carbons (Fsp3) is 0.625. The van der Waals surface area contributed by atoms with Gasteiger partial charge in [-0.25, -0.2) is 0 Å².